The van der Waals surface area contributed by atoms with E-state index in [1.54, 1.807) is 18.2 Å². The highest BCUT2D eigenvalue weighted by Gasteiger charge is 2.33. The fourth-order valence-corrected chi connectivity index (χ4v) is 4.38. The van der Waals surface area contributed by atoms with E-state index < -0.39 is 15.7 Å². The van der Waals surface area contributed by atoms with Crippen molar-refractivity contribution in [1.29, 1.82) is 0 Å². The minimum atomic E-state index is -1.42. The van der Waals surface area contributed by atoms with Crippen LogP contribution in [0.2, 0.25) is 0 Å². The van der Waals surface area contributed by atoms with E-state index in [9.17, 15) is 14.3 Å². The van der Waals surface area contributed by atoms with Crippen molar-refractivity contribution in [2.75, 3.05) is 0 Å². The smallest absolute Gasteiger partial charge is 0.285 e. The van der Waals surface area contributed by atoms with Gasteiger partial charge in [-0.1, -0.05) is 19.1 Å². The normalized spacial score (nSPS) is 28.8. The molecule has 1 fully saturated rings. The van der Waals surface area contributed by atoms with Crippen molar-refractivity contribution in [3.8, 4) is 0 Å². The summed E-state index contributed by atoms with van der Waals surface area (Å²) in [5, 5.41) is 10.8. The lowest BCUT2D eigenvalue weighted by Crippen LogP contribution is -2.42. The lowest BCUT2D eigenvalue weighted by atomic mass is 9.87. The monoisotopic (exact) mass is 282 g/mol. The summed E-state index contributed by atoms with van der Waals surface area (Å²) in [5.41, 5.74) is 5.97. The summed E-state index contributed by atoms with van der Waals surface area (Å²) in [6.07, 6.45) is 2.63. The molecule has 2 rings (SSSR count). The summed E-state index contributed by atoms with van der Waals surface area (Å²) in [7, 11) is -1.42. The van der Waals surface area contributed by atoms with Gasteiger partial charge in [-0.25, -0.2) is 0 Å². The Hall–Kier alpha value is -1.27. The first kappa shape index (κ1) is 14.1. The number of nitro groups is 1. The molecule has 0 bridgehead atoms. The molecule has 19 heavy (non-hydrogen) atoms. The Morgan fingerprint density at radius 1 is 1.37 bits per heavy atom. The van der Waals surface area contributed by atoms with E-state index in [1.807, 2.05) is 0 Å². The van der Waals surface area contributed by atoms with E-state index in [0.29, 0.717) is 10.8 Å². The molecule has 0 aliphatic heterocycles. The molecular weight excluding hydrogens is 264 g/mol. The van der Waals surface area contributed by atoms with Gasteiger partial charge in [0.05, 0.1) is 21.0 Å². The zero-order chi connectivity index (χ0) is 14.0. The maximum Gasteiger partial charge on any atom is 0.285 e. The van der Waals surface area contributed by atoms with Gasteiger partial charge in [-0.3, -0.25) is 14.3 Å². The molecule has 0 radical (unpaired) electrons. The standard InChI is InChI=1S/C13H18N2O3S/c1-9-6-7-10(14)13(8-9)19(18)12-5-3-2-4-11(12)15(16)17/h2-5,9-10,13H,6-8,14H2,1H3. The highest BCUT2D eigenvalue weighted by atomic mass is 32.2. The predicted molar refractivity (Wildman–Crippen MR) is 74.3 cm³/mol. The minimum Gasteiger partial charge on any atom is -0.327 e. The average molecular weight is 282 g/mol. The third-order valence-electron chi connectivity index (χ3n) is 3.66. The second-order valence-corrected chi connectivity index (χ2v) is 6.78. The Balaban J connectivity index is 2.31. The third-order valence-corrected chi connectivity index (χ3v) is 5.53. The van der Waals surface area contributed by atoms with Crippen LogP contribution in [-0.4, -0.2) is 20.4 Å². The van der Waals surface area contributed by atoms with E-state index in [4.69, 9.17) is 5.73 Å². The quantitative estimate of drug-likeness (QED) is 0.680. The molecule has 104 valence electrons. The molecule has 2 N–H and O–H groups in total. The van der Waals surface area contributed by atoms with Gasteiger partial charge in [0.25, 0.3) is 5.69 Å². The van der Waals surface area contributed by atoms with Crippen LogP contribution >= 0.6 is 0 Å². The Labute approximate surface area is 114 Å². The van der Waals surface area contributed by atoms with Crippen LogP contribution in [-0.2, 0) is 10.8 Å². The van der Waals surface area contributed by atoms with Gasteiger partial charge < -0.3 is 5.73 Å². The molecule has 1 aromatic rings. The van der Waals surface area contributed by atoms with Gasteiger partial charge in [-0.05, 0) is 31.2 Å². The summed E-state index contributed by atoms with van der Waals surface area (Å²) in [6, 6.07) is 6.09. The van der Waals surface area contributed by atoms with E-state index in [1.165, 1.54) is 6.07 Å². The number of rotatable bonds is 3. The van der Waals surface area contributed by atoms with Crippen LogP contribution in [0.3, 0.4) is 0 Å². The van der Waals surface area contributed by atoms with Gasteiger partial charge in [0.2, 0.25) is 0 Å². The van der Waals surface area contributed by atoms with Gasteiger partial charge in [-0.15, -0.1) is 0 Å². The molecule has 6 heteroatoms. The lowest BCUT2D eigenvalue weighted by Gasteiger charge is -2.31. The number of nitro benzene ring substituents is 1. The molecule has 4 atom stereocenters. The van der Waals surface area contributed by atoms with Crippen molar-refractivity contribution in [2.24, 2.45) is 11.7 Å². The van der Waals surface area contributed by atoms with Crippen LogP contribution in [0.15, 0.2) is 29.2 Å². The summed E-state index contributed by atoms with van der Waals surface area (Å²) < 4.78 is 12.6. The molecule has 0 amide bonds. The first-order chi connectivity index (χ1) is 9.00. The summed E-state index contributed by atoms with van der Waals surface area (Å²) in [5.74, 6) is 0.469. The maximum atomic E-state index is 12.6. The number of nitrogens with zero attached hydrogens (tertiary/aromatic N) is 1. The molecular formula is C13H18N2O3S. The van der Waals surface area contributed by atoms with Crippen molar-refractivity contribution in [3.05, 3.63) is 34.4 Å². The number of benzene rings is 1. The Bertz CT molecular complexity index is 506. The molecule has 0 spiro atoms. The van der Waals surface area contributed by atoms with Crippen LogP contribution in [0.5, 0.6) is 0 Å². The zero-order valence-electron chi connectivity index (χ0n) is 10.8. The molecule has 4 unspecified atom stereocenters. The van der Waals surface area contributed by atoms with Gasteiger partial charge in [0.15, 0.2) is 0 Å². The molecule has 0 aromatic heterocycles. The van der Waals surface area contributed by atoms with Gasteiger partial charge in [0, 0.05) is 12.1 Å². The largest absolute Gasteiger partial charge is 0.327 e. The van der Waals surface area contributed by atoms with E-state index in [-0.39, 0.29) is 17.0 Å². The molecule has 5 nitrogen and oxygen atoms in total. The first-order valence-electron chi connectivity index (χ1n) is 6.40. The van der Waals surface area contributed by atoms with Gasteiger partial charge >= 0.3 is 0 Å². The topological polar surface area (TPSA) is 86.2 Å². The fourth-order valence-electron chi connectivity index (χ4n) is 2.54. The Kier molecular flexibility index (Phi) is 4.31. The van der Waals surface area contributed by atoms with Crippen LogP contribution in [0.1, 0.15) is 26.2 Å². The molecule has 1 aromatic carbocycles. The van der Waals surface area contributed by atoms with Crippen molar-refractivity contribution < 1.29 is 9.13 Å². The molecule has 0 saturated heterocycles. The molecule has 1 saturated carbocycles. The second kappa shape index (κ2) is 5.79. The number of nitrogens with two attached hydrogens (primary N) is 1. The van der Waals surface area contributed by atoms with Crippen molar-refractivity contribution in [2.45, 2.75) is 42.4 Å². The summed E-state index contributed by atoms with van der Waals surface area (Å²) in [4.78, 5) is 10.8. The van der Waals surface area contributed by atoms with Crippen molar-refractivity contribution in [1.82, 2.24) is 0 Å². The number of hydrogen-bond acceptors (Lipinski definition) is 4. The van der Waals surface area contributed by atoms with Crippen molar-refractivity contribution >= 4 is 16.5 Å². The average Bonchev–Trinajstić information content (AvgIpc) is 2.40. The van der Waals surface area contributed by atoms with Crippen LogP contribution in [0, 0.1) is 16.0 Å². The number of para-hydroxylation sites is 1. The van der Waals surface area contributed by atoms with Gasteiger partial charge in [0.1, 0.15) is 4.90 Å². The first-order valence-corrected chi connectivity index (χ1v) is 7.61. The summed E-state index contributed by atoms with van der Waals surface area (Å²) >= 11 is 0. The summed E-state index contributed by atoms with van der Waals surface area (Å²) in [6.45, 7) is 2.11. The Morgan fingerprint density at radius 2 is 2.05 bits per heavy atom. The van der Waals surface area contributed by atoms with E-state index >= 15 is 0 Å². The van der Waals surface area contributed by atoms with Crippen LogP contribution in [0.4, 0.5) is 5.69 Å². The van der Waals surface area contributed by atoms with Crippen molar-refractivity contribution in [3.63, 3.8) is 0 Å². The number of hydrogen-bond donors (Lipinski definition) is 1. The van der Waals surface area contributed by atoms with E-state index in [2.05, 4.69) is 6.92 Å². The molecule has 0 heterocycles. The molecule has 1 aliphatic carbocycles. The third kappa shape index (κ3) is 3.01. The minimum absolute atomic E-state index is 0.0775. The highest BCUT2D eigenvalue weighted by Crippen LogP contribution is 2.32. The van der Waals surface area contributed by atoms with E-state index in [0.717, 1.165) is 19.3 Å². The van der Waals surface area contributed by atoms with Crippen LogP contribution < -0.4 is 5.73 Å². The lowest BCUT2D eigenvalue weighted by molar-refractivity contribution is -0.387. The maximum absolute atomic E-state index is 12.6. The molecule has 1 aliphatic rings. The van der Waals surface area contributed by atoms with Crippen LogP contribution in [0.25, 0.3) is 0 Å². The van der Waals surface area contributed by atoms with Gasteiger partial charge in [-0.2, -0.15) is 0 Å². The SMILES string of the molecule is CC1CCC(N)C(S(=O)c2ccccc2[N+](=O)[O-])C1. The zero-order valence-corrected chi connectivity index (χ0v) is 11.6. The predicted octanol–water partition coefficient (Wildman–Crippen LogP) is 2.22. The second-order valence-electron chi connectivity index (χ2n) is 5.14. The fraction of sp³-hybridized carbons (Fsp3) is 0.538. The highest BCUT2D eigenvalue weighted by molar-refractivity contribution is 7.86. The Morgan fingerprint density at radius 3 is 2.74 bits per heavy atom.